The van der Waals surface area contributed by atoms with Gasteiger partial charge in [-0.1, -0.05) is 30.1 Å². The molecule has 1 rings (SSSR count). The van der Waals surface area contributed by atoms with Crippen LogP contribution in [-0.4, -0.2) is 5.52 Å². The Morgan fingerprint density at radius 3 is 2.21 bits per heavy atom. The van der Waals surface area contributed by atoms with E-state index in [1.54, 1.807) is 5.82 Å². The first-order valence-electron chi connectivity index (χ1n) is 4.56. The summed E-state index contributed by atoms with van der Waals surface area (Å²) in [5.74, 6) is 1.68. The molecule has 1 nitrogen and oxygen atoms in total. The molecule has 0 fully saturated rings. The van der Waals surface area contributed by atoms with Crippen molar-refractivity contribution in [3.8, 4) is 0 Å². The summed E-state index contributed by atoms with van der Waals surface area (Å²) in [6.45, 7) is 9.61. The maximum Gasteiger partial charge on any atom is 0.185 e. The SMILES string of the molecule is C=CPC(=O)c1c(C)cc(C)cc1C. The first-order valence-corrected chi connectivity index (χ1v) is 5.63. The van der Waals surface area contributed by atoms with Crippen LogP contribution in [0.1, 0.15) is 27.0 Å². The van der Waals surface area contributed by atoms with Gasteiger partial charge in [-0.25, -0.2) is 0 Å². The lowest BCUT2D eigenvalue weighted by molar-refractivity contribution is 0.108. The van der Waals surface area contributed by atoms with Gasteiger partial charge in [0.25, 0.3) is 0 Å². The fourth-order valence-electron chi connectivity index (χ4n) is 1.70. The Morgan fingerprint density at radius 1 is 1.29 bits per heavy atom. The second kappa shape index (κ2) is 4.52. The van der Waals surface area contributed by atoms with Gasteiger partial charge in [-0.05, 0) is 40.5 Å². The molecular weight excluding hydrogens is 191 g/mol. The Kier molecular flexibility index (Phi) is 3.60. The quantitative estimate of drug-likeness (QED) is 0.691. The topological polar surface area (TPSA) is 17.1 Å². The summed E-state index contributed by atoms with van der Waals surface area (Å²) in [7, 11) is 0.181. The monoisotopic (exact) mass is 206 g/mol. The third-order valence-electron chi connectivity index (χ3n) is 2.14. The summed E-state index contributed by atoms with van der Waals surface area (Å²) in [5, 5.41) is 0. The van der Waals surface area contributed by atoms with Gasteiger partial charge in [0.1, 0.15) is 0 Å². The van der Waals surface area contributed by atoms with Crippen LogP contribution in [-0.2, 0) is 0 Å². The number of carbonyl (C=O) groups excluding carboxylic acids is 1. The predicted molar refractivity (Wildman–Crippen MR) is 63.5 cm³/mol. The number of carbonyl (C=O) groups is 1. The van der Waals surface area contributed by atoms with E-state index in [1.165, 1.54) is 5.56 Å². The summed E-state index contributed by atoms with van der Waals surface area (Å²) in [4.78, 5) is 11.7. The summed E-state index contributed by atoms with van der Waals surface area (Å²) < 4.78 is 0. The minimum absolute atomic E-state index is 0.181. The van der Waals surface area contributed by atoms with Gasteiger partial charge in [0.15, 0.2) is 5.52 Å². The number of rotatable bonds is 3. The maximum absolute atomic E-state index is 11.7. The number of hydrogen-bond donors (Lipinski definition) is 0. The molecule has 0 spiro atoms. The minimum Gasteiger partial charge on any atom is -0.289 e. The molecule has 1 aromatic carbocycles. The van der Waals surface area contributed by atoms with E-state index in [1.807, 2.05) is 32.9 Å². The zero-order valence-electron chi connectivity index (χ0n) is 8.85. The lowest BCUT2D eigenvalue weighted by atomic mass is 10.0. The highest BCUT2D eigenvalue weighted by Gasteiger charge is 2.10. The van der Waals surface area contributed by atoms with Crippen molar-refractivity contribution in [1.82, 2.24) is 0 Å². The number of aryl methyl sites for hydroxylation is 3. The van der Waals surface area contributed by atoms with Crippen LogP contribution in [0.5, 0.6) is 0 Å². The summed E-state index contributed by atoms with van der Waals surface area (Å²) in [6.07, 6.45) is 0. The summed E-state index contributed by atoms with van der Waals surface area (Å²) in [6, 6.07) is 4.10. The largest absolute Gasteiger partial charge is 0.289 e. The highest BCUT2D eigenvalue weighted by Crippen LogP contribution is 2.25. The molecule has 1 aromatic rings. The first-order chi connectivity index (χ1) is 6.56. The Labute approximate surface area is 87.0 Å². The van der Waals surface area contributed by atoms with Gasteiger partial charge in [0, 0.05) is 5.56 Å². The van der Waals surface area contributed by atoms with Crippen LogP contribution in [0.2, 0.25) is 0 Å². The van der Waals surface area contributed by atoms with Crippen molar-refractivity contribution >= 4 is 14.1 Å². The Bertz CT molecular complexity index is 357. The van der Waals surface area contributed by atoms with E-state index in [2.05, 4.69) is 6.58 Å². The molecule has 0 bridgehead atoms. The van der Waals surface area contributed by atoms with Crippen molar-refractivity contribution in [2.24, 2.45) is 0 Å². The first kappa shape index (κ1) is 11.1. The molecule has 0 radical (unpaired) electrons. The molecule has 0 heterocycles. The molecule has 0 N–H and O–H groups in total. The van der Waals surface area contributed by atoms with E-state index in [9.17, 15) is 4.79 Å². The number of benzene rings is 1. The lowest BCUT2D eigenvalue weighted by Gasteiger charge is -2.08. The summed E-state index contributed by atoms with van der Waals surface area (Å²) >= 11 is 0. The zero-order chi connectivity index (χ0) is 10.7. The molecule has 0 aliphatic heterocycles. The average Bonchev–Trinajstić information content (AvgIpc) is 2.01. The van der Waals surface area contributed by atoms with E-state index in [-0.39, 0.29) is 14.1 Å². The van der Waals surface area contributed by atoms with Crippen LogP contribution in [0, 0.1) is 20.8 Å². The summed E-state index contributed by atoms with van der Waals surface area (Å²) in [5.41, 5.74) is 4.41. The molecule has 1 unspecified atom stereocenters. The highest BCUT2D eigenvalue weighted by molar-refractivity contribution is 7.61. The molecule has 0 aliphatic rings. The van der Waals surface area contributed by atoms with Crippen LogP contribution in [0.25, 0.3) is 0 Å². The minimum atomic E-state index is 0.181. The van der Waals surface area contributed by atoms with E-state index in [0.29, 0.717) is 0 Å². The van der Waals surface area contributed by atoms with Crippen molar-refractivity contribution in [3.05, 3.63) is 46.8 Å². The van der Waals surface area contributed by atoms with Crippen LogP contribution >= 0.6 is 8.58 Å². The molecule has 0 saturated carbocycles. The standard InChI is InChI=1S/C12H15OP/c1-5-14-12(13)11-9(3)6-8(2)7-10(11)4/h5-7,14H,1H2,2-4H3. The van der Waals surface area contributed by atoms with E-state index in [0.717, 1.165) is 16.7 Å². The Balaban J connectivity index is 3.20. The second-order valence-corrected chi connectivity index (χ2v) is 4.60. The fraction of sp³-hybridized carbons (Fsp3) is 0.250. The predicted octanol–water partition coefficient (Wildman–Crippen LogP) is 3.57. The van der Waals surface area contributed by atoms with E-state index < -0.39 is 0 Å². The molecule has 0 saturated heterocycles. The maximum atomic E-state index is 11.7. The van der Waals surface area contributed by atoms with E-state index in [4.69, 9.17) is 0 Å². The van der Waals surface area contributed by atoms with Gasteiger partial charge in [-0.2, -0.15) is 0 Å². The van der Waals surface area contributed by atoms with Crippen molar-refractivity contribution in [2.75, 3.05) is 0 Å². The van der Waals surface area contributed by atoms with Gasteiger partial charge >= 0.3 is 0 Å². The van der Waals surface area contributed by atoms with Crippen molar-refractivity contribution in [2.45, 2.75) is 20.8 Å². The van der Waals surface area contributed by atoms with Gasteiger partial charge < -0.3 is 0 Å². The third kappa shape index (κ3) is 2.30. The smallest absolute Gasteiger partial charge is 0.185 e. The molecule has 14 heavy (non-hydrogen) atoms. The van der Waals surface area contributed by atoms with Crippen LogP contribution in [0.3, 0.4) is 0 Å². The molecule has 0 amide bonds. The number of hydrogen-bond acceptors (Lipinski definition) is 1. The van der Waals surface area contributed by atoms with Gasteiger partial charge in [0.05, 0.1) is 0 Å². The van der Waals surface area contributed by atoms with Crippen LogP contribution < -0.4 is 0 Å². The van der Waals surface area contributed by atoms with E-state index >= 15 is 0 Å². The molecule has 2 heteroatoms. The highest BCUT2D eigenvalue weighted by atomic mass is 31.1. The normalized spacial score (nSPS) is 10.8. The zero-order valence-corrected chi connectivity index (χ0v) is 9.85. The van der Waals surface area contributed by atoms with Crippen molar-refractivity contribution < 1.29 is 4.79 Å². The molecule has 0 aliphatic carbocycles. The lowest BCUT2D eigenvalue weighted by Crippen LogP contribution is -1.99. The van der Waals surface area contributed by atoms with Gasteiger partial charge in [-0.15, -0.1) is 0 Å². The molecule has 1 atom stereocenters. The molecular formula is C12H15OP. The molecule has 0 aromatic heterocycles. The van der Waals surface area contributed by atoms with Crippen molar-refractivity contribution in [1.29, 1.82) is 0 Å². The Hall–Kier alpha value is -0.940. The van der Waals surface area contributed by atoms with Crippen molar-refractivity contribution in [3.63, 3.8) is 0 Å². The Morgan fingerprint density at radius 2 is 1.79 bits per heavy atom. The fourth-order valence-corrected chi connectivity index (χ4v) is 2.43. The second-order valence-electron chi connectivity index (χ2n) is 3.45. The average molecular weight is 206 g/mol. The van der Waals surface area contributed by atoms with Gasteiger partial charge in [-0.3, -0.25) is 4.79 Å². The van der Waals surface area contributed by atoms with Crippen LogP contribution in [0.15, 0.2) is 24.5 Å². The molecule has 74 valence electrons. The van der Waals surface area contributed by atoms with Gasteiger partial charge in [0.2, 0.25) is 0 Å². The third-order valence-corrected chi connectivity index (χ3v) is 2.85. The van der Waals surface area contributed by atoms with Crippen LogP contribution in [0.4, 0.5) is 0 Å².